The quantitative estimate of drug-likeness (QED) is 0.214. The molecule has 0 aromatic heterocycles. The van der Waals surface area contributed by atoms with E-state index >= 15 is 0 Å². The molecule has 1 aliphatic carbocycles. The summed E-state index contributed by atoms with van der Waals surface area (Å²) >= 11 is 0. The first kappa shape index (κ1) is 30.6. The van der Waals surface area contributed by atoms with Gasteiger partial charge in [0, 0.05) is 13.1 Å². The minimum Gasteiger partial charge on any atom is -0.459 e. The third-order valence-electron chi connectivity index (χ3n) is 9.42. The fraction of sp³-hybridized carbons (Fsp3) is 0.710. The minimum absolute atomic E-state index is 0.102. The first-order valence-corrected chi connectivity index (χ1v) is 14.8. The zero-order valence-corrected chi connectivity index (χ0v) is 25.4. The lowest BCUT2D eigenvalue weighted by molar-refractivity contribution is -0.153. The molecule has 220 valence electrons. The van der Waals surface area contributed by atoms with Gasteiger partial charge < -0.3 is 23.7 Å². The molecule has 1 amide bonds. The molecular weight excluding hydrogens is 507 g/mol. The van der Waals surface area contributed by atoms with Gasteiger partial charge in [-0.2, -0.15) is 0 Å². The number of aliphatic imine (C=N–C) groups is 1. The van der Waals surface area contributed by atoms with Crippen LogP contribution in [0.5, 0.6) is 0 Å². The molecule has 1 saturated carbocycles. The zero-order valence-electron chi connectivity index (χ0n) is 25.4. The first-order valence-electron chi connectivity index (χ1n) is 14.8. The van der Waals surface area contributed by atoms with Crippen LogP contribution in [0.25, 0.3) is 0 Å². The Kier molecular flexibility index (Phi) is 8.77. The van der Waals surface area contributed by atoms with Gasteiger partial charge in [0.05, 0.1) is 11.2 Å². The van der Waals surface area contributed by atoms with E-state index in [2.05, 4.69) is 39.4 Å². The van der Waals surface area contributed by atoms with Crippen molar-refractivity contribution in [2.45, 2.75) is 109 Å². The van der Waals surface area contributed by atoms with Crippen LogP contribution in [0.1, 0.15) is 79.7 Å². The second kappa shape index (κ2) is 11.5. The molecule has 4 rings (SSSR count). The SMILES string of the molecule is C=N[C@@]1(C(=O)OCc2ccccc2)C[C@H]2CN(C(=O)OC(C)(C)C)C[C@H]2[C@@H]1CCCB1OC(C)(C)C(C)(CC)O1. The predicted octanol–water partition coefficient (Wildman–Crippen LogP) is 5.93. The fourth-order valence-corrected chi connectivity index (χ4v) is 6.77. The van der Waals surface area contributed by atoms with Gasteiger partial charge in [0.15, 0.2) is 5.54 Å². The molecular formula is C31H47BN2O6. The molecule has 8 nitrogen and oxygen atoms in total. The highest BCUT2D eigenvalue weighted by molar-refractivity contribution is 6.45. The number of likely N-dealkylation sites (tertiary alicyclic amines) is 1. The van der Waals surface area contributed by atoms with Crippen molar-refractivity contribution in [1.29, 1.82) is 0 Å². The van der Waals surface area contributed by atoms with Crippen molar-refractivity contribution in [3.8, 4) is 0 Å². The van der Waals surface area contributed by atoms with Gasteiger partial charge in [-0.3, -0.25) is 4.99 Å². The summed E-state index contributed by atoms with van der Waals surface area (Å²) in [4.78, 5) is 32.9. The summed E-state index contributed by atoms with van der Waals surface area (Å²) in [6.45, 7) is 19.2. The average molecular weight is 555 g/mol. The Morgan fingerprint density at radius 2 is 1.85 bits per heavy atom. The minimum atomic E-state index is -1.04. The maximum atomic E-state index is 13.7. The van der Waals surface area contributed by atoms with Crippen LogP contribution in [0, 0.1) is 17.8 Å². The molecule has 0 spiro atoms. The standard InChI is InChI=1S/C31H47BN2O6/c1-9-30(7)29(5,6)39-32(40-30)17-13-16-25-24-20-34(27(36)38-28(2,3)4)19-23(24)18-31(25,33-8)26(35)37-21-22-14-11-10-12-15-22/h10-12,14-15,23-25H,8-9,13,16-21H2,1-7H3/t23-,24+,25-,30?,31-/m0/s1. The number of hydrogen-bond acceptors (Lipinski definition) is 7. The number of amides is 1. The summed E-state index contributed by atoms with van der Waals surface area (Å²) in [5.74, 6) is -0.223. The van der Waals surface area contributed by atoms with Crippen molar-refractivity contribution in [2.75, 3.05) is 13.1 Å². The molecule has 9 heteroatoms. The number of ether oxygens (including phenoxy) is 2. The first-order chi connectivity index (χ1) is 18.7. The van der Waals surface area contributed by atoms with Crippen molar-refractivity contribution in [1.82, 2.24) is 4.90 Å². The molecule has 1 unspecified atom stereocenters. The molecule has 3 fully saturated rings. The second-order valence-electron chi connectivity index (χ2n) is 13.5. The highest BCUT2D eigenvalue weighted by Crippen LogP contribution is 2.53. The fourth-order valence-electron chi connectivity index (χ4n) is 6.77. The summed E-state index contributed by atoms with van der Waals surface area (Å²) in [6, 6.07) is 9.67. The maximum absolute atomic E-state index is 13.7. The van der Waals surface area contributed by atoms with Crippen LogP contribution in [0.15, 0.2) is 35.3 Å². The van der Waals surface area contributed by atoms with Crippen molar-refractivity contribution >= 4 is 25.9 Å². The summed E-state index contributed by atoms with van der Waals surface area (Å²) in [7, 11) is -0.296. The van der Waals surface area contributed by atoms with E-state index in [0.717, 1.165) is 31.1 Å². The van der Waals surface area contributed by atoms with E-state index < -0.39 is 11.1 Å². The van der Waals surface area contributed by atoms with Gasteiger partial charge in [-0.1, -0.05) is 43.7 Å². The van der Waals surface area contributed by atoms with Crippen LogP contribution < -0.4 is 0 Å². The average Bonchev–Trinajstić information content (AvgIpc) is 3.50. The molecule has 1 aromatic carbocycles. The van der Waals surface area contributed by atoms with Gasteiger partial charge >= 0.3 is 19.2 Å². The predicted molar refractivity (Wildman–Crippen MR) is 156 cm³/mol. The summed E-state index contributed by atoms with van der Waals surface area (Å²) in [5.41, 5.74) is -1.40. The molecule has 0 radical (unpaired) electrons. The largest absolute Gasteiger partial charge is 0.459 e. The van der Waals surface area contributed by atoms with E-state index in [1.54, 1.807) is 4.90 Å². The van der Waals surface area contributed by atoms with Gasteiger partial charge in [0.25, 0.3) is 0 Å². The molecule has 2 aliphatic heterocycles. The molecule has 2 heterocycles. The van der Waals surface area contributed by atoms with Crippen LogP contribution in [0.3, 0.4) is 0 Å². The third kappa shape index (κ3) is 6.10. The normalized spacial score (nSPS) is 31.2. The number of rotatable bonds is 9. The highest BCUT2D eigenvalue weighted by atomic mass is 16.7. The lowest BCUT2D eigenvalue weighted by atomic mass is 9.75. The number of fused-ring (bicyclic) bond motifs is 1. The molecule has 2 saturated heterocycles. The topological polar surface area (TPSA) is 86.7 Å². The molecule has 0 bridgehead atoms. The lowest BCUT2D eigenvalue weighted by Gasteiger charge is -2.35. The molecule has 1 aromatic rings. The second-order valence-corrected chi connectivity index (χ2v) is 13.5. The van der Waals surface area contributed by atoms with Crippen molar-refractivity contribution in [3.63, 3.8) is 0 Å². The number of carbonyl (C=O) groups excluding carboxylic acids is 2. The maximum Gasteiger partial charge on any atom is 0.457 e. The van der Waals surface area contributed by atoms with E-state index in [-0.39, 0.29) is 54.7 Å². The molecule has 40 heavy (non-hydrogen) atoms. The summed E-state index contributed by atoms with van der Waals surface area (Å²) < 4.78 is 24.2. The van der Waals surface area contributed by atoms with E-state index in [9.17, 15) is 9.59 Å². The van der Waals surface area contributed by atoms with Crippen molar-refractivity contribution in [2.24, 2.45) is 22.7 Å². The molecule has 3 aliphatic rings. The third-order valence-corrected chi connectivity index (χ3v) is 9.42. The molecule has 0 N–H and O–H groups in total. The Morgan fingerprint density at radius 3 is 2.45 bits per heavy atom. The van der Waals surface area contributed by atoms with E-state index in [1.165, 1.54) is 0 Å². The highest BCUT2D eigenvalue weighted by Gasteiger charge is 2.61. The number of benzene rings is 1. The number of hydrogen-bond donors (Lipinski definition) is 0. The smallest absolute Gasteiger partial charge is 0.457 e. The van der Waals surface area contributed by atoms with E-state index in [0.29, 0.717) is 19.5 Å². The number of carbonyl (C=O) groups is 2. The van der Waals surface area contributed by atoms with Crippen LogP contribution in [0.4, 0.5) is 4.79 Å². The van der Waals surface area contributed by atoms with Gasteiger partial charge in [0.2, 0.25) is 0 Å². The van der Waals surface area contributed by atoms with Gasteiger partial charge in [0.1, 0.15) is 12.2 Å². The van der Waals surface area contributed by atoms with E-state index in [4.69, 9.17) is 18.8 Å². The Bertz CT molecular complexity index is 1080. The Morgan fingerprint density at radius 1 is 1.15 bits per heavy atom. The summed E-state index contributed by atoms with van der Waals surface area (Å²) in [5, 5.41) is 0. The van der Waals surface area contributed by atoms with Crippen LogP contribution in [-0.4, -0.2) is 66.2 Å². The van der Waals surface area contributed by atoms with Crippen LogP contribution in [0.2, 0.25) is 6.32 Å². The monoisotopic (exact) mass is 554 g/mol. The molecule has 5 atom stereocenters. The Hall–Kier alpha value is -2.39. The van der Waals surface area contributed by atoms with Gasteiger partial charge in [-0.05, 0) is 97.2 Å². The Labute approximate surface area is 240 Å². The van der Waals surface area contributed by atoms with E-state index in [1.807, 2.05) is 51.1 Å². The lowest BCUT2D eigenvalue weighted by Crippen LogP contribution is -2.45. The number of nitrogens with zero attached hydrogens (tertiary/aromatic N) is 2. The zero-order chi connectivity index (χ0) is 29.3. The van der Waals surface area contributed by atoms with Gasteiger partial charge in [-0.25, -0.2) is 9.59 Å². The van der Waals surface area contributed by atoms with Gasteiger partial charge in [-0.15, -0.1) is 0 Å². The van der Waals surface area contributed by atoms with Crippen LogP contribution >= 0.6 is 0 Å². The Balaban J connectivity index is 1.49. The summed E-state index contributed by atoms with van der Waals surface area (Å²) in [6.07, 6.45) is 3.31. The van der Waals surface area contributed by atoms with Crippen LogP contribution in [-0.2, 0) is 30.2 Å². The van der Waals surface area contributed by atoms with Crippen molar-refractivity contribution in [3.05, 3.63) is 35.9 Å². The van der Waals surface area contributed by atoms with Crippen molar-refractivity contribution < 1.29 is 28.4 Å². The number of esters is 1.